The van der Waals surface area contributed by atoms with Crippen molar-refractivity contribution in [3.8, 4) is 11.8 Å². The zero-order valence-corrected chi connectivity index (χ0v) is 4.13. The summed E-state index contributed by atoms with van der Waals surface area (Å²) in [6.07, 6.45) is 0. The normalized spacial score (nSPS) is 5.50. The lowest BCUT2D eigenvalue weighted by molar-refractivity contribution is -0.106. The molecule has 0 saturated carbocycles. The monoisotopic (exact) mass is 99.0 g/mol. The first-order valence-electron chi connectivity index (χ1n) is 1.41. The molecule has 0 amide bonds. The van der Waals surface area contributed by atoms with Crippen molar-refractivity contribution in [1.82, 2.24) is 0 Å². The molecule has 0 aromatic rings. The molecule has 0 aromatic carbocycles. The third kappa shape index (κ3) is 3.45. The van der Waals surface area contributed by atoms with Crippen molar-refractivity contribution in [2.45, 2.75) is 6.92 Å². The van der Waals surface area contributed by atoms with E-state index in [0.29, 0.717) is 0 Å². The lowest BCUT2D eigenvalue weighted by Crippen LogP contribution is -1.72. The molecule has 31 valence electrons. The minimum atomic E-state index is -0.488. The molecule has 0 unspecified atom stereocenters. The van der Waals surface area contributed by atoms with Crippen LogP contribution in [0.25, 0.3) is 0 Å². The van der Waals surface area contributed by atoms with Gasteiger partial charge in [0, 0.05) is 0 Å². The average Bonchev–Trinajstić information content (AvgIpc) is 1.35. The highest BCUT2D eigenvalue weighted by molar-refractivity contribution is 7.97. The zero-order valence-electron chi connectivity index (χ0n) is 3.32. The standard InChI is InChI=1S/C4H3OS/c1-2-3-4(5)6/h1H3. The molecule has 6 heavy (non-hydrogen) atoms. The van der Waals surface area contributed by atoms with Crippen molar-refractivity contribution >= 4 is 17.7 Å². The first-order valence-corrected chi connectivity index (χ1v) is 1.82. The molecule has 0 rings (SSSR count). The van der Waals surface area contributed by atoms with Crippen LogP contribution in [-0.2, 0) is 4.79 Å². The van der Waals surface area contributed by atoms with Crippen LogP contribution in [0.15, 0.2) is 0 Å². The van der Waals surface area contributed by atoms with E-state index < -0.39 is 5.12 Å². The quantitative estimate of drug-likeness (QED) is 0.409. The van der Waals surface area contributed by atoms with E-state index in [-0.39, 0.29) is 0 Å². The molecule has 0 aliphatic rings. The van der Waals surface area contributed by atoms with Crippen LogP contribution in [0.1, 0.15) is 6.92 Å². The van der Waals surface area contributed by atoms with Gasteiger partial charge in [-0.15, -0.1) is 0 Å². The van der Waals surface area contributed by atoms with Crippen molar-refractivity contribution in [1.29, 1.82) is 0 Å². The van der Waals surface area contributed by atoms with Crippen molar-refractivity contribution in [2.24, 2.45) is 0 Å². The molecule has 2 heteroatoms. The number of hydrogen-bond acceptors (Lipinski definition) is 1. The fourth-order valence-electron chi connectivity index (χ4n) is 0.102. The van der Waals surface area contributed by atoms with Crippen LogP contribution in [0, 0.1) is 11.8 Å². The molecule has 0 heterocycles. The fraction of sp³-hybridized carbons (Fsp3) is 0.250. The predicted octanol–water partition coefficient (Wildman–Crippen LogP) is 0.734. The molecular formula is C4H3OS. The lowest BCUT2D eigenvalue weighted by Gasteiger charge is -1.58. The minimum absolute atomic E-state index is 0.488. The molecule has 0 saturated heterocycles. The first-order chi connectivity index (χ1) is 2.77. The Balaban J connectivity index is 3.50. The maximum atomic E-state index is 9.68. The molecule has 1 radical (unpaired) electrons. The molecule has 0 aliphatic carbocycles. The highest BCUT2D eigenvalue weighted by Crippen LogP contribution is 1.69. The summed E-state index contributed by atoms with van der Waals surface area (Å²) in [4.78, 5) is 9.68. The smallest absolute Gasteiger partial charge is 0.267 e. The van der Waals surface area contributed by atoms with Crippen molar-refractivity contribution < 1.29 is 4.79 Å². The SMILES string of the molecule is CC#CC(=O)[S]. The molecule has 0 atom stereocenters. The summed E-state index contributed by atoms with van der Waals surface area (Å²) in [5.74, 6) is 4.50. The lowest BCUT2D eigenvalue weighted by atomic mass is 10.7. The van der Waals surface area contributed by atoms with E-state index in [1.807, 2.05) is 0 Å². The van der Waals surface area contributed by atoms with E-state index in [9.17, 15) is 4.79 Å². The van der Waals surface area contributed by atoms with Crippen LogP contribution in [-0.4, -0.2) is 5.12 Å². The molecule has 0 fully saturated rings. The summed E-state index contributed by atoms with van der Waals surface area (Å²) in [6, 6.07) is 0. The Labute approximate surface area is 42.1 Å². The Morgan fingerprint density at radius 2 is 2.33 bits per heavy atom. The molecule has 1 nitrogen and oxygen atoms in total. The van der Waals surface area contributed by atoms with E-state index in [1.165, 1.54) is 0 Å². The highest BCUT2D eigenvalue weighted by atomic mass is 32.1. The van der Waals surface area contributed by atoms with Gasteiger partial charge in [-0.3, -0.25) is 4.79 Å². The fourth-order valence-corrected chi connectivity index (χ4v) is 0.204. The second kappa shape index (κ2) is 2.67. The molecule has 0 aliphatic heterocycles. The Bertz CT molecular complexity index is 106. The summed E-state index contributed by atoms with van der Waals surface area (Å²) in [7, 11) is 0. The van der Waals surface area contributed by atoms with E-state index in [0.717, 1.165) is 0 Å². The molecule has 0 bridgehead atoms. The third-order valence-corrected chi connectivity index (χ3v) is 0.329. The van der Waals surface area contributed by atoms with Crippen LogP contribution in [0.5, 0.6) is 0 Å². The largest absolute Gasteiger partial charge is 0.293 e. The predicted molar refractivity (Wildman–Crippen MR) is 26.0 cm³/mol. The second-order valence-corrected chi connectivity index (χ2v) is 1.03. The molecule has 0 aromatic heterocycles. The third-order valence-electron chi connectivity index (χ3n) is 0.227. The van der Waals surface area contributed by atoms with Gasteiger partial charge in [-0.2, -0.15) is 0 Å². The van der Waals surface area contributed by atoms with Gasteiger partial charge in [0.25, 0.3) is 5.12 Å². The van der Waals surface area contributed by atoms with Crippen molar-refractivity contribution in [3.05, 3.63) is 0 Å². The van der Waals surface area contributed by atoms with Gasteiger partial charge in [0.1, 0.15) is 0 Å². The number of hydrogen-bond donors (Lipinski definition) is 0. The van der Waals surface area contributed by atoms with Gasteiger partial charge in [0.05, 0.1) is 0 Å². The van der Waals surface area contributed by atoms with Crippen molar-refractivity contribution in [3.63, 3.8) is 0 Å². The van der Waals surface area contributed by atoms with Gasteiger partial charge in [-0.25, -0.2) is 0 Å². The molecule has 0 N–H and O–H groups in total. The summed E-state index contributed by atoms with van der Waals surface area (Å²) >= 11 is 4.07. The van der Waals surface area contributed by atoms with Gasteiger partial charge < -0.3 is 0 Å². The first kappa shape index (κ1) is 5.45. The van der Waals surface area contributed by atoms with Crippen LogP contribution in [0.4, 0.5) is 0 Å². The van der Waals surface area contributed by atoms with E-state index in [4.69, 9.17) is 0 Å². The Morgan fingerprint density at radius 3 is 2.33 bits per heavy atom. The van der Waals surface area contributed by atoms with Crippen LogP contribution in [0.3, 0.4) is 0 Å². The van der Waals surface area contributed by atoms with Crippen LogP contribution in [0.2, 0.25) is 0 Å². The molecular weight excluding hydrogens is 96.1 g/mol. The Hall–Kier alpha value is -0.550. The van der Waals surface area contributed by atoms with Crippen LogP contribution >= 0.6 is 12.6 Å². The summed E-state index contributed by atoms with van der Waals surface area (Å²) in [5.41, 5.74) is 0. The maximum Gasteiger partial charge on any atom is 0.293 e. The molecule has 0 spiro atoms. The number of carbonyl (C=O) groups excluding carboxylic acids is 1. The van der Waals surface area contributed by atoms with E-state index in [2.05, 4.69) is 24.5 Å². The maximum absolute atomic E-state index is 9.68. The van der Waals surface area contributed by atoms with E-state index >= 15 is 0 Å². The van der Waals surface area contributed by atoms with Gasteiger partial charge in [-0.05, 0) is 25.5 Å². The summed E-state index contributed by atoms with van der Waals surface area (Å²) in [6.45, 7) is 1.57. The number of carbonyl (C=O) groups is 1. The summed E-state index contributed by atoms with van der Waals surface area (Å²) < 4.78 is 0. The van der Waals surface area contributed by atoms with Crippen molar-refractivity contribution in [2.75, 3.05) is 0 Å². The topological polar surface area (TPSA) is 17.1 Å². The van der Waals surface area contributed by atoms with Crippen LogP contribution < -0.4 is 0 Å². The van der Waals surface area contributed by atoms with Gasteiger partial charge >= 0.3 is 0 Å². The zero-order chi connectivity index (χ0) is 4.99. The Morgan fingerprint density at radius 1 is 1.83 bits per heavy atom. The van der Waals surface area contributed by atoms with Gasteiger partial charge in [-0.1, -0.05) is 5.92 Å². The summed E-state index contributed by atoms with van der Waals surface area (Å²) in [5, 5.41) is -0.488. The van der Waals surface area contributed by atoms with Gasteiger partial charge in [0.15, 0.2) is 0 Å². The average molecular weight is 99.1 g/mol. The second-order valence-electron chi connectivity index (χ2n) is 0.662. The Kier molecular flexibility index (Phi) is 2.43. The highest BCUT2D eigenvalue weighted by Gasteiger charge is 1.76. The number of rotatable bonds is 0. The van der Waals surface area contributed by atoms with E-state index in [1.54, 1.807) is 6.92 Å². The minimum Gasteiger partial charge on any atom is -0.267 e. The van der Waals surface area contributed by atoms with Gasteiger partial charge in [0.2, 0.25) is 0 Å².